The second-order valence-corrected chi connectivity index (χ2v) is 5.51. The number of halogens is 1. The molecular formula is C17H16ClNO2. The average molecular weight is 302 g/mol. The Labute approximate surface area is 128 Å². The van der Waals surface area contributed by atoms with Gasteiger partial charge < -0.3 is 10.1 Å². The predicted octanol–water partition coefficient (Wildman–Crippen LogP) is 3.91. The van der Waals surface area contributed by atoms with E-state index in [1.165, 1.54) is 0 Å². The summed E-state index contributed by atoms with van der Waals surface area (Å²) in [6.07, 6.45) is 1.28. The Morgan fingerprint density at radius 2 is 2.00 bits per heavy atom. The molecule has 21 heavy (non-hydrogen) atoms. The van der Waals surface area contributed by atoms with Crippen LogP contribution in [-0.2, 0) is 11.2 Å². The number of anilines is 1. The highest BCUT2D eigenvalue weighted by Gasteiger charge is 2.19. The fourth-order valence-corrected chi connectivity index (χ4v) is 2.93. The Hall–Kier alpha value is -2.00. The molecule has 0 aromatic heterocycles. The van der Waals surface area contributed by atoms with Crippen LogP contribution in [-0.4, -0.2) is 13.0 Å². The van der Waals surface area contributed by atoms with Gasteiger partial charge in [0.25, 0.3) is 0 Å². The van der Waals surface area contributed by atoms with Crippen LogP contribution in [0.25, 0.3) is 0 Å². The zero-order chi connectivity index (χ0) is 14.8. The van der Waals surface area contributed by atoms with Crippen LogP contribution >= 0.6 is 11.6 Å². The van der Waals surface area contributed by atoms with Crippen LogP contribution in [0.2, 0.25) is 0 Å². The molecule has 0 aliphatic carbocycles. The van der Waals surface area contributed by atoms with E-state index >= 15 is 0 Å². The number of fused-ring (bicyclic) bond motifs is 1. The van der Waals surface area contributed by atoms with E-state index in [9.17, 15) is 4.79 Å². The lowest BCUT2D eigenvalue weighted by Crippen LogP contribution is -2.19. The molecule has 0 saturated carbocycles. The monoisotopic (exact) mass is 301 g/mol. The van der Waals surface area contributed by atoms with E-state index < -0.39 is 0 Å². The first kappa shape index (κ1) is 14.0. The number of aryl methyl sites for hydroxylation is 1. The number of carbonyl (C=O) groups excluding carboxylic acids is 1. The van der Waals surface area contributed by atoms with E-state index in [-0.39, 0.29) is 11.3 Å². The van der Waals surface area contributed by atoms with Crippen LogP contribution in [0.5, 0.6) is 5.75 Å². The number of hydrogen-bond acceptors (Lipinski definition) is 2. The minimum atomic E-state index is -0.274. The quantitative estimate of drug-likeness (QED) is 0.873. The van der Waals surface area contributed by atoms with E-state index in [0.29, 0.717) is 6.42 Å². The zero-order valence-corrected chi connectivity index (χ0v) is 12.5. The number of carbonyl (C=O) groups is 1. The molecule has 4 heteroatoms. The Morgan fingerprint density at radius 3 is 2.81 bits per heavy atom. The van der Waals surface area contributed by atoms with E-state index in [1.807, 2.05) is 36.4 Å². The van der Waals surface area contributed by atoms with Gasteiger partial charge in [0.2, 0.25) is 5.91 Å². The largest absolute Gasteiger partial charge is 0.496 e. The van der Waals surface area contributed by atoms with Gasteiger partial charge in [0.1, 0.15) is 5.75 Å². The second kappa shape index (κ2) is 5.78. The van der Waals surface area contributed by atoms with Crippen molar-refractivity contribution in [2.75, 3.05) is 12.4 Å². The number of rotatable bonds is 3. The van der Waals surface area contributed by atoms with Gasteiger partial charge in [-0.3, -0.25) is 4.79 Å². The van der Waals surface area contributed by atoms with Crippen molar-refractivity contribution in [2.45, 2.75) is 18.2 Å². The van der Waals surface area contributed by atoms with Crippen LogP contribution in [0.4, 0.5) is 5.69 Å². The van der Waals surface area contributed by atoms with Crippen molar-refractivity contribution in [3.05, 3.63) is 59.2 Å². The molecule has 1 aliphatic heterocycles. The first-order valence-corrected chi connectivity index (χ1v) is 7.32. The number of hydrogen-bond donors (Lipinski definition) is 1. The molecular weight excluding hydrogens is 286 g/mol. The molecule has 3 nitrogen and oxygen atoms in total. The van der Waals surface area contributed by atoms with Gasteiger partial charge in [0.05, 0.1) is 12.5 Å². The summed E-state index contributed by atoms with van der Waals surface area (Å²) >= 11 is 6.62. The van der Waals surface area contributed by atoms with Crippen LogP contribution in [0.3, 0.4) is 0 Å². The third-order valence-corrected chi connectivity index (χ3v) is 4.22. The number of ether oxygens (including phenoxy) is 1. The third kappa shape index (κ3) is 2.74. The van der Waals surface area contributed by atoms with Crippen molar-refractivity contribution < 1.29 is 9.53 Å². The average Bonchev–Trinajstić information content (AvgIpc) is 2.53. The molecule has 1 aliphatic rings. The first-order chi connectivity index (χ1) is 10.2. The highest BCUT2D eigenvalue weighted by Crippen LogP contribution is 2.36. The van der Waals surface area contributed by atoms with Crippen molar-refractivity contribution in [3.63, 3.8) is 0 Å². The fraction of sp³-hybridized carbons (Fsp3) is 0.235. The van der Waals surface area contributed by atoms with Crippen molar-refractivity contribution >= 4 is 23.2 Å². The smallest absolute Gasteiger partial charge is 0.224 e. The van der Waals surface area contributed by atoms with Gasteiger partial charge >= 0.3 is 0 Å². The molecule has 0 spiro atoms. The number of benzene rings is 2. The Bertz CT molecular complexity index is 684. The molecule has 0 radical (unpaired) electrons. The summed E-state index contributed by atoms with van der Waals surface area (Å²) in [4.78, 5) is 11.4. The normalized spacial score (nSPS) is 15.0. The van der Waals surface area contributed by atoms with Gasteiger partial charge in [0, 0.05) is 17.7 Å². The number of para-hydroxylation sites is 1. The summed E-state index contributed by atoms with van der Waals surface area (Å²) in [6, 6.07) is 13.7. The maximum Gasteiger partial charge on any atom is 0.224 e. The number of alkyl halides is 1. The SMILES string of the molecule is COc1ccccc1C(Cl)c1ccc2c(c1)CCC(=O)N2. The highest BCUT2D eigenvalue weighted by molar-refractivity contribution is 6.22. The molecule has 0 saturated heterocycles. The minimum absolute atomic E-state index is 0.0717. The number of amides is 1. The topological polar surface area (TPSA) is 38.3 Å². The van der Waals surface area contributed by atoms with E-state index in [1.54, 1.807) is 7.11 Å². The lowest BCUT2D eigenvalue weighted by atomic mass is 9.96. The van der Waals surface area contributed by atoms with E-state index in [2.05, 4.69) is 11.4 Å². The number of nitrogens with one attached hydrogen (secondary N) is 1. The van der Waals surface area contributed by atoms with Gasteiger partial charge in [-0.05, 0) is 29.7 Å². The summed E-state index contributed by atoms with van der Waals surface area (Å²) in [6.45, 7) is 0. The molecule has 0 bridgehead atoms. The molecule has 0 fully saturated rings. The van der Waals surface area contributed by atoms with Gasteiger partial charge in [-0.25, -0.2) is 0 Å². The van der Waals surface area contributed by atoms with Crippen LogP contribution < -0.4 is 10.1 Å². The predicted molar refractivity (Wildman–Crippen MR) is 84.1 cm³/mol. The number of methoxy groups -OCH3 is 1. The summed E-state index contributed by atoms with van der Waals surface area (Å²) in [7, 11) is 1.64. The van der Waals surface area contributed by atoms with Crippen molar-refractivity contribution in [2.24, 2.45) is 0 Å². The van der Waals surface area contributed by atoms with Gasteiger partial charge in [0.15, 0.2) is 0 Å². The molecule has 1 N–H and O–H groups in total. The molecule has 108 valence electrons. The zero-order valence-electron chi connectivity index (χ0n) is 11.7. The maximum absolute atomic E-state index is 11.4. The molecule has 1 amide bonds. The molecule has 1 heterocycles. The lowest BCUT2D eigenvalue weighted by Gasteiger charge is -2.20. The summed E-state index contributed by atoms with van der Waals surface area (Å²) in [5, 5.41) is 2.61. The van der Waals surface area contributed by atoms with Crippen molar-refractivity contribution in [1.29, 1.82) is 0 Å². The molecule has 1 unspecified atom stereocenters. The van der Waals surface area contributed by atoms with E-state index in [0.717, 1.165) is 34.5 Å². The van der Waals surface area contributed by atoms with Crippen LogP contribution in [0.1, 0.15) is 28.5 Å². The molecule has 2 aromatic carbocycles. The molecule has 3 rings (SSSR count). The lowest BCUT2D eigenvalue weighted by molar-refractivity contribution is -0.116. The first-order valence-electron chi connectivity index (χ1n) is 6.88. The Morgan fingerprint density at radius 1 is 1.19 bits per heavy atom. The maximum atomic E-state index is 11.4. The molecule has 2 aromatic rings. The highest BCUT2D eigenvalue weighted by atomic mass is 35.5. The standard InChI is InChI=1S/C17H16ClNO2/c1-21-15-5-3-2-4-13(15)17(18)12-6-8-14-11(10-12)7-9-16(20)19-14/h2-6,8,10,17H,7,9H2,1H3,(H,19,20). The van der Waals surface area contributed by atoms with Gasteiger partial charge in [-0.15, -0.1) is 11.6 Å². The van der Waals surface area contributed by atoms with E-state index in [4.69, 9.17) is 16.3 Å². The Balaban J connectivity index is 1.95. The summed E-state index contributed by atoms with van der Waals surface area (Å²) in [5.41, 5.74) is 3.98. The van der Waals surface area contributed by atoms with Gasteiger partial charge in [-0.2, -0.15) is 0 Å². The van der Waals surface area contributed by atoms with Gasteiger partial charge in [-0.1, -0.05) is 30.3 Å². The fourth-order valence-electron chi connectivity index (χ4n) is 2.62. The Kier molecular flexibility index (Phi) is 3.84. The minimum Gasteiger partial charge on any atom is -0.496 e. The van der Waals surface area contributed by atoms with Crippen LogP contribution in [0, 0.1) is 0 Å². The summed E-state index contributed by atoms with van der Waals surface area (Å²) in [5.74, 6) is 0.853. The third-order valence-electron chi connectivity index (χ3n) is 3.73. The summed E-state index contributed by atoms with van der Waals surface area (Å²) < 4.78 is 5.37. The molecule has 1 atom stereocenters. The van der Waals surface area contributed by atoms with Crippen molar-refractivity contribution in [3.8, 4) is 5.75 Å². The second-order valence-electron chi connectivity index (χ2n) is 5.07. The van der Waals surface area contributed by atoms with Crippen molar-refractivity contribution in [1.82, 2.24) is 0 Å². The van der Waals surface area contributed by atoms with Crippen LogP contribution in [0.15, 0.2) is 42.5 Å².